The monoisotopic (exact) mass is 286 g/mol. The Kier molecular flexibility index (Phi) is 5.22. The quantitative estimate of drug-likeness (QED) is 0.833. The third-order valence-electron chi connectivity index (χ3n) is 3.00. The molecule has 0 aliphatic carbocycles. The lowest BCUT2D eigenvalue weighted by atomic mass is 10.2. The minimum absolute atomic E-state index is 0.0966. The fourth-order valence-corrected chi connectivity index (χ4v) is 1.91. The molecule has 21 heavy (non-hydrogen) atoms. The van der Waals surface area contributed by atoms with E-state index in [1.54, 1.807) is 11.9 Å². The second-order valence-corrected chi connectivity index (χ2v) is 4.47. The molecular weight excluding hydrogens is 268 g/mol. The van der Waals surface area contributed by atoms with Crippen molar-refractivity contribution < 1.29 is 9.90 Å². The van der Waals surface area contributed by atoms with E-state index in [0.717, 1.165) is 5.56 Å². The van der Waals surface area contributed by atoms with Gasteiger partial charge in [0.1, 0.15) is 11.5 Å². The van der Waals surface area contributed by atoms with Crippen LogP contribution in [0.2, 0.25) is 0 Å². The summed E-state index contributed by atoms with van der Waals surface area (Å²) in [6.07, 6.45) is 2.94. The molecule has 0 aliphatic heterocycles. The molecule has 0 fully saturated rings. The Morgan fingerprint density at radius 2 is 2.00 bits per heavy atom. The molecule has 6 heteroatoms. The van der Waals surface area contributed by atoms with E-state index in [2.05, 4.69) is 15.3 Å². The van der Waals surface area contributed by atoms with Gasteiger partial charge in [-0.05, 0) is 5.56 Å². The Morgan fingerprint density at radius 3 is 2.57 bits per heavy atom. The van der Waals surface area contributed by atoms with Crippen LogP contribution in [0.25, 0.3) is 0 Å². The summed E-state index contributed by atoms with van der Waals surface area (Å²) in [7, 11) is 1.74. The highest BCUT2D eigenvalue weighted by atomic mass is 16.3. The Labute approximate surface area is 123 Å². The van der Waals surface area contributed by atoms with Crippen molar-refractivity contribution in [2.24, 2.45) is 0 Å². The lowest BCUT2D eigenvalue weighted by molar-refractivity contribution is 0.0701. The van der Waals surface area contributed by atoms with Crippen LogP contribution in [0.15, 0.2) is 42.7 Å². The lowest BCUT2D eigenvalue weighted by Crippen LogP contribution is -2.33. The van der Waals surface area contributed by atoms with Crippen LogP contribution >= 0.6 is 0 Å². The SMILES string of the molecule is CNc1cnc(C(=O)N(CCO)Cc2ccccc2)cn1. The fraction of sp³-hybridized carbons (Fsp3) is 0.267. The molecule has 2 rings (SSSR count). The standard InChI is InChI=1S/C15H18N4O2/c1-16-14-10-17-13(9-18-14)15(21)19(7-8-20)11-12-5-3-2-4-6-12/h2-6,9-10,20H,7-8,11H2,1H3,(H,16,18). The number of aliphatic hydroxyl groups is 1. The fourth-order valence-electron chi connectivity index (χ4n) is 1.91. The first kappa shape index (κ1) is 14.9. The first-order valence-corrected chi connectivity index (χ1v) is 6.68. The highest BCUT2D eigenvalue weighted by molar-refractivity contribution is 5.92. The molecule has 0 bridgehead atoms. The van der Waals surface area contributed by atoms with E-state index in [4.69, 9.17) is 5.11 Å². The number of amides is 1. The summed E-state index contributed by atoms with van der Waals surface area (Å²) < 4.78 is 0. The van der Waals surface area contributed by atoms with Crippen molar-refractivity contribution in [3.63, 3.8) is 0 Å². The van der Waals surface area contributed by atoms with E-state index in [1.165, 1.54) is 12.4 Å². The molecule has 2 N–H and O–H groups in total. The van der Waals surface area contributed by atoms with E-state index in [1.807, 2.05) is 30.3 Å². The van der Waals surface area contributed by atoms with Crippen LogP contribution < -0.4 is 5.32 Å². The number of carbonyl (C=O) groups excluding carboxylic acids is 1. The predicted molar refractivity (Wildman–Crippen MR) is 79.8 cm³/mol. The lowest BCUT2D eigenvalue weighted by Gasteiger charge is -2.21. The number of hydrogen-bond donors (Lipinski definition) is 2. The number of hydrogen-bond acceptors (Lipinski definition) is 5. The number of rotatable bonds is 6. The molecule has 0 radical (unpaired) electrons. The van der Waals surface area contributed by atoms with Crippen molar-refractivity contribution >= 4 is 11.7 Å². The topological polar surface area (TPSA) is 78.4 Å². The molecule has 0 saturated heterocycles. The number of nitrogens with one attached hydrogen (secondary N) is 1. The van der Waals surface area contributed by atoms with Crippen molar-refractivity contribution in [1.29, 1.82) is 0 Å². The van der Waals surface area contributed by atoms with Gasteiger partial charge < -0.3 is 15.3 Å². The normalized spacial score (nSPS) is 10.2. The zero-order chi connectivity index (χ0) is 15.1. The van der Waals surface area contributed by atoms with Crippen molar-refractivity contribution in [3.05, 3.63) is 54.0 Å². The number of nitrogens with zero attached hydrogens (tertiary/aromatic N) is 3. The van der Waals surface area contributed by atoms with Gasteiger partial charge in [0, 0.05) is 20.1 Å². The van der Waals surface area contributed by atoms with E-state index in [-0.39, 0.29) is 24.8 Å². The molecule has 1 aromatic carbocycles. The zero-order valence-electron chi connectivity index (χ0n) is 11.9. The van der Waals surface area contributed by atoms with Gasteiger partial charge in [-0.25, -0.2) is 9.97 Å². The molecule has 1 heterocycles. The second-order valence-electron chi connectivity index (χ2n) is 4.47. The van der Waals surface area contributed by atoms with E-state index < -0.39 is 0 Å². The van der Waals surface area contributed by atoms with Crippen molar-refractivity contribution in [1.82, 2.24) is 14.9 Å². The first-order chi connectivity index (χ1) is 10.2. The Bertz CT molecular complexity index is 572. The number of aliphatic hydroxyl groups excluding tert-OH is 1. The molecular formula is C15H18N4O2. The van der Waals surface area contributed by atoms with Crippen LogP contribution in [0.3, 0.4) is 0 Å². The smallest absolute Gasteiger partial charge is 0.274 e. The number of anilines is 1. The zero-order valence-corrected chi connectivity index (χ0v) is 11.9. The summed E-state index contributed by atoms with van der Waals surface area (Å²) in [5, 5.41) is 12.0. The maximum Gasteiger partial charge on any atom is 0.274 e. The van der Waals surface area contributed by atoms with Crippen LogP contribution in [-0.4, -0.2) is 46.1 Å². The maximum atomic E-state index is 12.4. The van der Waals surface area contributed by atoms with Gasteiger partial charge in [-0.3, -0.25) is 4.79 Å². The minimum Gasteiger partial charge on any atom is -0.395 e. The summed E-state index contributed by atoms with van der Waals surface area (Å²) >= 11 is 0. The molecule has 0 spiro atoms. The Morgan fingerprint density at radius 1 is 1.24 bits per heavy atom. The summed E-state index contributed by atoms with van der Waals surface area (Å²) in [5.41, 5.74) is 1.26. The van der Waals surface area contributed by atoms with Gasteiger partial charge in [-0.1, -0.05) is 30.3 Å². The van der Waals surface area contributed by atoms with E-state index >= 15 is 0 Å². The van der Waals surface area contributed by atoms with E-state index in [0.29, 0.717) is 12.4 Å². The van der Waals surface area contributed by atoms with E-state index in [9.17, 15) is 4.79 Å². The molecule has 0 saturated carbocycles. The van der Waals surface area contributed by atoms with Gasteiger partial charge >= 0.3 is 0 Å². The molecule has 1 amide bonds. The minimum atomic E-state index is -0.247. The van der Waals surface area contributed by atoms with Crippen LogP contribution in [0, 0.1) is 0 Å². The highest BCUT2D eigenvalue weighted by Crippen LogP contribution is 2.09. The Hall–Kier alpha value is -2.47. The maximum absolute atomic E-state index is 12.4. The first-order valence-electron chi connectivity index (χ1n) is 6.68. The highest BCUT2D eigenvalue weighted by Gasteiger charge is 2.17. The van der Waals surface area contributed by atoms with Crippen molar-refractivity contribution in [2.45, 2.75) is 6.54 Å². The summed E-state index contributed by atoms with van der Waals surface area (Å²) in [5.74, 6) is 0.353. The molecule has 0 unspecified atom stereocenters. The van der Waals surface area contributed by atoms with Crippen molar-refractivity contribution in [2.75, 3.05) is 25.5 Å². The molecule has 0 atom stereocenters. The third-order valence-corrected chi connectivity index (χ3v) is 3.00. The van der Waals surface area contributed by atoms with Crippen LogP contribution in [0.4, 0.5) is 5.82 Å². The van der Waals surface area contributed by atoms with Gasteiger partial charge in [-0.15, -0.1) is 0 Å². The average Bonchev–Trinajstić information content (AvgIpc) is 2.55. The van der Waals surface area contributed by atoms with Crippen LogP contribution in [0.1, 0.15) is 16.1 Å². The van der Waals surface area contributed by atoms with Gasteiger partial charge in [0.2, 0.25) is 0 Å². The molecule has 2 aromatic rings. The summed E-state index contributed by atoms with van der Waals surface area (Å²) in [6.45, 7) is 0.583. The number of aromatic nitrogens is 2. The van der Waals surface area contributed by atoms with Gasteiger partial charge in [0.15, 0.2) is 0 Å². The number of benzene rings is 1. The summed E-state index contributed by atoms with van der Waals surface area (Å²) in [4.78, 5) is 22.2. The van der Waals surface area contributed by atoms with Crippen LogP contribution in [-0.2, 0) is 6.54 Å². The second kappa shape index (κ2) is 7.35. The molecule has 6 nitrogen and oxygen atoms in total. The average molecular weight is 286 g/mol. The largest absolute Gasteiger partial charge is 0.395 e. The van der Waals surface area contributed by atoms with Gasteiger partial charge in [-0.2, -0.15) is 0 Å². The predicted octanol–water partition coefficient (Wildman–Crippen LogP) is 1.15. The molecule has 110 valence electrons. The summed E-state index contributed by atoms with van der Waals surface area (Å²) in [6, 6.07) is 9.63. The third kappa shape index (κ3) is 4.00. The van der Waals surface area contributed by atoms with Crippen molar-refractivity contribution in [3.8, 4) is 0 Å². The van der Waals surface area contributed by atoms with Gasteiger partial charge in [0.25, 0.3) is 5.91 Å². The molecule has 1 aromatic heterocycles. The Balaban J connectivity index is 2.14. The van der Waals surface area contributed by atoms with Gasteiger partial charge in [0.05, 0.1) is 19.0 Å². The number of carbonyl (C=O) groups is 1. The molecule has 0 aliphatic rings. The van der Waals surface area contributed by atoms with Crippen LogP contribution in [0.5, 0.6) is 0 Å².